The van der Waals surface area contributed by atoms with Gasteiger partial charge in [0.2, 0.25) is 27.6 Å². The maximum atomic E-state index is 12.2. The van der Waals surface area contributed by atoms with Gasteiger partial charge in [0.05, 0.1) is 24.2 Å². The first-order valence-corrected chi connectivity index (χ1v) is 11.2. The molecule has 0 radical (unpaired) electrons. The summed E-state index contributed by atoms with van der Waals surface area (Å²) in [5.74, 6) is 0.179. The smallest absolute Gasteiger partial charge is 0.246 e. The molecule has 2 aromatic heterocycles. The molecule has 0 atom stereocenters. The summed E-state index contributed by atoms with van der Waals surface area (Å²) >= 11 is 7.56. The molecule has 28 heavy (non-hydrogen) atoms. The minimum absolute atomic E-state index is 0.000896. The van der Waals surface area contributed by atoms with E-state index in [0.29, 0.717) is 16.4 Å². The number of hydrogen-bond acceptors (Lipinski definition) is 7. The van der Waals surface area contributed by atoms with Gasteiger partial charge in [-0.2, -0.15) is 9.29 Å². The average Bonchev–Trinajstić information content (AvgIpc) is 3.32. The molecule has 0 spiro atoms. The van der Waals surface area contributed by atoms with Gasteiger partial charge in [0.15, 0.2) is 0 Å². The van der Waals surface area contributed by atoms with Crippen LogP contribution in [0.3, 0.4) is 0 Å². The largest absolute Gasteiger partial charge is 0.346 e. The Morgan fingerprint density at radius 1 is 1.29 bits per heavy atom. The van der Waals surface area contributed by atoms with E-state index in [9.17, 15) is 13.2 Å². The molecule has 0 unspecified atom stereocenters. The van der Waals surface area contributed by atoms with Crippen molar-refractivity contribution in [1.29, 1.82) is 0 Å². The fraction of sp³-hybridized carbons (Fsp3) is 0.235. The molecule has 148 valence electrons. The number of thiophene rings is 1. The molecule has 0 aliphatic carbocycles. The molecule has 1 amide bonds. The molecule has 0 aliphatic rings. The Kier molecular flexibility index (Phi) is 6.45. The lowest BCUT2D eigenvalue weighted by Crippen LogP contribution is -2.39. The predicted molar refractivity (Wildman–Crippen MR) is 106 cm³/mol. The molecule has 3 rings (SSSR count). The van der Waals surface area contributed by atoms with E-state index in [1.165, 1.54) is 11.3 Å². The molecule has 1 aromatic carbocycles. The highest BCUT2D eigenvalue weighted by Gasteiger charge is 2.22. The number of sulfonamides is 1. The summed E-state index contributed by atoms with van der Waals surface area (Å²) in [7, 11) is -3.62. The Morgan fingerprint density at radius 3 is 2.75 bits per heavy atom. The van der Waals surface area contributed by atoms with Gasteiger partial charge in [0, 0.05) is 11.6 Å². The second-order valence-electron chi connectivity index (χ2n) is 5.89. The van der Waals surface area contributed by atoms with Gasteiger partial charge in [0.1, 0.15) is 0 Å². The number of benzene rings is 1. The molecule has 3 aromatic rings. The quantitative estimate of drug-likeness (QED) is 0.577. The van der Waals surface area contributed by atoms with E-state index in [1.807, 2.05) is 17.5 Å². The van der Waals surface area contributed by atoms with Crippen molar-refractivity contribution in [1.82, 2.24) is 19.8 Å². The van der Waals surface area contributed by atoms with E-state index in [-0.39, 0.29) is 25.5 Å². The highest BCUT2D eigenvalue weighted by molar-refractivity contribution is 7.88. The second-order valence-corrected chi connectivity index (χ2v) is 9.23. The Morgan fingerprint density at radius 2 is 2.07 bits per heavy atom. The first-order chi connectivity index (χ1) is 13.3. The second kappa shape index (κ2) is 8.82. The van der Waals surface area contributed by atoms with Crippen LogP contribution in [-0.2, 0) is 27.9 Å². The standard InChI is InChI=1S/C17H17ClN4O4S2/c1-28(24,25)22(10-12-5-2-3-6-13(12)18)11-15(23)19-9-16-20-17(21-26-16)14-7-4-8-27-14/h2-8H,9-11H2,1H3,(H,19,23). The third-order valence-electron chi connectivity index (χ3n) is 3.74. The minimum Gasteiger partial charge on any atom is -0.346 e. The summed E-state index contributed by atoms with van der Waals surface area (Å²) in [6.07, 6.45) is 1.04. The number of halogens is 1. The third kappa shape index (κ3) is 5.38. The van der Waals surface area contributed by atoms with Crippen LogP contribution in [0.25, 0.3) is 10.7 Å². The molecule has 0 saturated heterocycles. The summed E-state index contributed by atoms with van der Waals surface area (Å²) in [5, 5.41) is 8.77. The van der Waals surface area contributed by atoms with Crippen LogP contribution in [0, 0.1) is 0 Å². The van der Waals surface area contributed by atoms with Crippen molar-refractivity contribution in [2.75, 3.05) is 12.8 Å². The monoisotopic (exact) mass is 440 g/mol. The Hall–Kier alpha value is -2.27. The molecule has 0 fully saturated rings. The van der Waals surface area contributed by atoms with Crippen molar-refractivity contribution in [2.24, 2.45) is 0 Å². The minimum atomic E-state index is -3.62. The third-order valence-corrected chi connectivity index (χ3v) is 6.17. The van der Waals surface area contributed by atoms with Gasteiger partial charge < -0.3 is 9.84 Å². The molecule has 1 N–H and O–H groups in total. The molecule has 11 heteroatoms. The summed E-state index contributed by atoms with van der Waals surface area (Å²) in [5.41, 5.74) is 0.611. The molecular formula is C17H17ClN4O4S2. The van der Waals surface area contributed by atoms with Gasteiger partial charge >= 0.3 is 0 Å². The van der Waals surface area contributed by atoms with E-state index in [1.54, 1.807) is 24.3 Å². The summed E-state index contributed by atoms with van der Waals surface area (Å²) in [6.45, 7) is -0.355. The molecule has 0 aliphatic heterocycles. The lowest BCUT2D eigenvalue weighted by Gasteiger charge is -2.20. The van der Waals surface area contributed by atoms with Crippen molar-refractivity contribution in [3.05, 3.63) is 58.3 Å². The number of rotatable bonds is 8. The van der Waals surface area contributed by atoms with Crippen molar-refractivity contribution >= 4 is 38.9 Å². The number of carbonyl (C=O) groups is 1. The van der Waals surface area contributed by atoms with Crippen molar-refractivity contribution in [2.45, 2.75) is 13.1 Å². The van der Waals surface area contributed by atoms with Crippen molar-refractivity contribution in [3.63, 3.8) is 0 Å². The number of aromatic nitrogens is 2. The van der Waals surface area contributed by atoms with E-state index >= 15 is 0 Å². The van der Waals surface area contributed by atoms with Crippen LogP contribution in [0.1, 0.15) is 11.5 Å². The SMILES string of the molecule is CS(=O)(=O)N(CC(=O)NCc1nc(-c2cccs2)no1)Cc1ccccc1Cl. The van der Waals surface area contributed by atoms with E-state index in [4.69, 9.17) is 16.1 Å². The van der Waals surface area contributed by atoms with Gasteiger partial charge in [0.25, 0.3) is 0 Å². The van der Waals surface area contributed by atoms with Crippen LogP contribution in [0.15, 0.2) is 46.3 Å². The summed E-state index contributed by atoms with van der Waals surface area (Å²) in [4.78, 5) is 17.3. The topological polar surface area (TPSA) is 105 Å². The van der Waals surface area contributed by atoms with Gasteiger partial charge in [-0.15, -0.1) is 11.3 Å². The number of nitrogens with zero attached hydrogens (tertiary/aromatic N) is 3. The highest BCUT2D eigenvalue weighted by atomic mass is 35.5. The first kappa shape index (κ1) is 20.5. The maximum absolute atomic E-state index is 12.2. The van der Waals surface area contributed by atoms with Gasteiger partial charge in [-0.1, -0.05) is 41.0 Å². The predicted octanol–water partition coefficient (Wildman–Crippen LogP) is 2.53. The number of nitrogens with one attached hydrogen (secondary N) is 1. The molecule has 8 nitrogen and oxygen atoms in total. The lowest BCUT2D eigenvalue weighted by molar-refractivity contribution is -0.121. The number of hydrogen-bond donors (Lipinski definition) is 1. The molecule has 0 saturated carbocycles. The van der Waals surface area contributed by atoms with E-state index < -0.39 is 15.9 Å². The van der Waals surface area contributed by atoms with Crippen LogP contribution in [-0.4, -0.2) is 41.6 Å². The molecule has 2 heterocycles. The van der Waals surface area contributed by atoms with E-state index in [0.717, 1.165) is 15.4 Å². The van der Waals surface area contributed by atoms with Crippen LogP contribution in [0.5, 0.6) is 0 Å². The molecule has 0 bridgehead atoms. The fourth-order valence-electron chi connectivity index (χ4n) is 2.33. The van der Waals surface area contributed by atoms with Crippen LogP contribution >= 0.6 is 22.9 Å². The normalized spacial score (nSPS) is 11.7. The van der Waals surface area contributed by atoms with Gasteiger partial charge in [-0.3, -0.25) is 4.79 Å². The summed E-state index contributed by atoms with van der Waals surface area (Å²) < 4.78 is 30.3. The first-order valence-electron chi connectivity index (χ1n) is 8.14. The summed E-state index contributed by atoms with van der Waals surface area (Å²) in [6, 6.07) is 10.6. The zero-order chi connectivity index (χ0) is 20.1. The van der Waals surface area contributed by atoms with Gasteiger partial charge in [-0.05, 0) is 23.1 Å². The maximum Gasteiger partial charge on any atom is 0.246 e. The van der Waals surface area contributed by atoms with Crippen molar-refractivity contribution < 1.29 is 17.7 Å². The molecular weight excluding hydrogens is 424 g/mol. The van der Waals surface area contributed by atoms with Crippen LogP contribution in [0.2, 0.25) is 5.02 Å². The number of carbonyl (C=O) groups excluding carboxylic acids is 1. The zero-order valence-electron chi connectivity index (χ0n) is 14.8. The van der Waals surface area contributed by atoms with E-state index in [2.05, 4.69) is 15.5 Å². The Bertz CT molecular complexity index is 1050. The Balaban J connectivity index is 1.60. The average molecular weight is 441 g/mol. The Labute approximate surface area is 171 Å². The van der Waals surface area contributed by atoms with Crippen LogP contribution in [0.4, 0.5) is 0 Å². The van der Waals surface area contributed by atoms with Gasteiger partial charge in [-0.25, -0.2) is 8.42 Å². The fourth-order valence-corrected chi connectivity index (χ4v) is 3.90. The van der Waals surface area contributed by atoms with Crippen LogP contribution < -0.4 is 5.32 Å². The highest BCUT2D eigenvalue weighted by Crippen LogP contribution is 2.21. The lowest BCUT2D eigenvalue weighted by atomic mass is 10.2. The van der Waals surface area contributed by atoms with Crippen molar-refractivity contribution in [3.8, 4) is 10.7 Å². The zero-order valence-corrected chi connectivity index (χ0v) is 17.2. The number of amides is 1.